The lowest BCUT2D eigenvalue weighted by Gasteiger charge is -2.26. The second-order valence-electron chi connectivity index (χ2n) is 4.72. The monoisotopic (exact) mass is 279 g/mol. The van der Waals surface area contributed by atoms with Crippen molar-refractivity contribution >= 4 is 12.0 Å². The van der Waals surface area contributed by atoms with Gasteiger partial charge in [0, 0.05) is 19.3 Å². The molecule has 6 nitrogen and oxygen atoms in total. The van der Waals surface area contributed by atoms with Gasteiger partial charge in [0.15, 0.2) is 0 Å². The Balaban J connectivity index is 2.70. The van der Waals surface area contributed by atoms with Crippen molar-refractivity contribution < 1.29 is 14.7 Å². The van der Waals surface area contributed by atoms with E-state index in [9.17, 15) is 9.59 Å². The average Bonchev–Trinajstić information content (AvgIpc) is 2.36. The van der Waals surface area contributed by atoms with Gasteiger partial charge in [0.2, 0.25) is 0 Å². The van der Waals surface area contributed by atoms with Crippen LogP contribution in [0.2, 0.25) is 0 Å². The van der Waals surface area contributed by atoms with Crippen molar-refractivity contribution in [2.75, 3.05) is 20.1 Å². The fraction of sp³-hybridized carbons (Fsp3) is 0.500. The molecule has 1 aromatic heterocycles. The number of aryl methyl sites for hydroxylation is 1. The maximum absolute atomic E-state index is 12.2. The number of carbonyl (C=O) groups is 2. The maximum Gasteiger partial charge on any atom is 0.323 e. The van der Waals surface area contributed by atoms with E-state index in [4.69, 9.17) is 5.11 Å². The van der Waals surface area contributed by atoms with Crippen molar-refractivity contribution in [3.05, 3.63) is 29.6 Å². The highest BCUT2D eigenvalue weighted by Gasteiger charge is 2.20. The van der Waals surface area contributed by atoms with Gasteiger partial charge in [0.05, 0.1) is 12.2 Å². The smallest absolute Gasteiger partial charge is 0.323 e. The summed E-state index contributed by atoms with van der Waals surface area (Å²) in [6.07, 6.45) is 0.718. The zero-order chi connectivity index (χ0) is 15.1. The minimum atomic E-state index is -1.01. The Bertz CT molecular complexity index is 476. The Kier molecular flexibility index (Phi) is 5.96. The molecule has 1 rings (SSSR count). The number of aliphatic carboxylic acids is 1. The molecule has 0 bridgehead atoms. The Labute approximate surface area is 119 Å². The normalized spacial score (nSPS) is 10.2. The predicted octanol–water partition coefficient (Wildman–Crippen LogP) is 1.74. The van der Waals surface area contributed by atoms with Crippen LogP contribution < -0.4 is 0 Å². The van der Waals surface area contributed by atoms with Crippen molar-refractivity contribution in [1.29, 1.82) is 0 Å². The largest absolute Gasteiger partial charge is 0.480 e. The molecule has 0 aliphatic heterocycles. The van der Waals surface area contributed by atoms with Gasteiger partial charge < -0.3 is 14.9 Å². The molecule has 0 aromatic carbocycles. The highest BCUT2D eigenvalue weighted by molar-refractivity contribution is 5.80. The minimum Gasteiger partial charge on any atom is -0.480 e. The number of carboxylic acid groups (broad SMARTS) is 1. The zero-order valence-electron chi connectivity index (χ0n) is 12.2. The van der Waals surface area contributed by atoms with Crippen molar-refractivity contribution in [1.82, 2.24) is 14.8 Å². The number of pyridine rings is 1. The SMILES string of the molecule is CCCN(CC(=O)O)C(=O)N(C)Cc1cccc(C)n1. The third-order valence-corrected chi connectivity index (χ3v) is 2.76. The second-order valence-corrected chi connectivity index (χ2v) is 4.72. The summed E-state index contributed by atoms with van der Waals surface area (Å²) in [4.78, 5) is 30.2. The van der Waals surface area contributed by atoms with Gasteiger partial charge in [-0.2, -0.15) is 0 Å². The number of carboxylic acids is 1. The first-order valence-corrected chi connectivity index (χ1v) is 6.58. The lowest BCUT2D eigenvalue weighted by atomic mass is 10.3. The van der Waals surface area contributed by atoms with Crippen LogP contribution in [0.15, 0.2) is 18.2 Å². The molecule has 0 aliphatic carbocycles. The van der Waals surface area contributed by atoms with E-state index >= 15 is 0 Å². The fourth-order valence-corrected chi connectivity index (χ4v) is 1.92. The summed E-state index contributed by atoms with van der Waals surface area (Å²) >= 11 is 0. The Hall–Kier alpha value is -2.11. The first-order chi connectivity index (χ1) is 9.43. The van der Waals surface area contributed by atoms with Crippen molar-refractivity contribution in [3.63, 3.8) is 0 Å². The summed E-state index contributed by atoms with van der Waals surface area (Å²) in [6.45, 7) is 4.30. The number of rotatable bonds is 6. The van der Waals surface area contributed by atoms with Crippen LogP contribution in [0.25, 0.3) is 0 Å². The molecule has 1 N–H and O–H groups in total. The molecule has 1 heterocycles. The topological polar surface area (TPSA) is 73.7 Å². The van der Waals surface area contributed by atoms with Crippen LogP contribution in [0.4, 0.5) is 4.79 Å². The summed E-state index contributed by atoms with van der Waals surface area (Å²) < 4.78 is 0. The van der Waals surface area contributed by atoms with Crippen LogP contribution in [0, 0.1) is 6.92 Å². The van der Waals surface area contributed by atoms with Crippen molar-refractivity contribution in [2.24, 2.45) is 0 Å². The molecule has 0 saturated heterocycles. The van der Waals surface area contributed by atoms with Crippen LogP contribution in [0.5, 0.6) is 0 Å². The molecular weight excluding hydrogens is 258 g/mol. The Morgan fingerprint density at radius 3 is 2.60 bits per heavy atom. The molecule has 20 heavy (non-hydrogen) atoms. The van der Waals surface area contributed by atoms with E-state index in [0.29, 0.717) is 13.1 Å². The van der Waals surface area contributed by atoms with Gasteiger partial charge in [-0.1, -0.05) is 13.0 Å². The van der Waals surface area contributed by atoms with Gasteiger partial charge in [0.1, 0.15) is 6.54 Å². The maximum atomic E-state index is 12.2. The highest BCUT2D eigenvalue weighted by atomic mass is 16.4. The molecule has 0 spiro atoms. The molecule has 2 amide bonds. The summed E-state index contributed by atoms with van der Waals surface area (Å²) in [5.41, 5.74) is 1.67. The zero-order valence-corrected chi connectivity index (χ0v) is 12.2. The molecule has 0 fully saturated rings. The van der Waals surface area contributed by atoms with E-state index in [1.165, 1.54) is 9.80 Å². The number of carbonyl (C=O) groups excluding carboxylic acids is 1. The summed E-state index contributed by atoms with van der Waals surface area (Å²) in [5.74, 6) is -1.01. The quantitative estimate of drug-likeness (QED) is 0.860. The number of amides is 2. The number of urea groups is 1. The number of nitrogens with zero attached hydrogens (tertiary/aromatic N) is 3. The standard InChI is InChI=1S/C14H21N3O3/c1-4-8-17(10-13(18)19)14(20)16(3)9-12-7-5-6-11(2)15-12/h5-7H,4,8-10H2,1-3H3,(H,18,19). The molecule has 110 valence electrons. The van der Waals surface area contributed by atoms with E-state index in [-0.39, 0.29) is 12.6 Å². The van der Waals surface area contributed by atoms with E-state index in [1.54, 1.807) is 7.05 Å². The first kappa shape index (κ1) is 15.9. The molecule has 0 unspecified atom stereocenters. The summed E-state index contributed by atoms with van der Waals surface area (Å²) in [5, 5.41) is 8.84. The number of hydrogen-bond donors (Lipinski definition) is 1. The molecule has 0 atom stereocenters. The lowest BCUT2D eigenvalue weighted by molar-refractivity contribution is -0.137. The van der Waals surface area contributed by atoms with Gasteiger partial charge in [-0.05, 0) is 25.5 Å². The first-order valence-electron chi connectivity index (χ1n) is 6.58. The lowest BCUT2D eigenvalue weighted by Crippen LogP contribution is -2.43. The van der Waals surface area contributed by atoms with Gasteiger partial charge in [-0.15, -0.1) is 0 Å². The Morgan fingerprint density at radius 1 is 1.35 bits per heavy atom. The van der Waals surface area contributed by atoms with Gasteiger partial charge in [-0.3, -0.25) is 9.78 Å². The van der Waals surface area contributed by atoms with Crippen LogP contribution in [-0.4, -0.2) is 52.0 Å². The van der Waals surface area contributed by atoms with Crippen LogP contribution in [0.1, 0.15) is 24.7 Å². The third-order valence-electron chi connectivity index (χ3n) is 2.76. The second kappa shape index (κ2) is 7.47. The molecule has 1 aromatic rings. The van der Waals surface area contributed by atoms with Crippen molar-refractivity contribution in [3.8, 4) is 0 Å². The van der Waals surface area contributed by atoms with Crippen molar-refractivity contribution in [2.45, 2.75) is 26.8 Å². The van der Waals surface area contributed by atoms with Crippen LogP contribution in [-0.2, 0) is 11.3 Å². The highest BCUT2D eigenvalue weighted by Crippen LogP contribution is 2.05. The molecular formula is C14H21N3O3. The average molecular weight is 279 g/mol. The molecule has 0 saturated carbocycles. The van der Waals surface area contributed by atoms with E-state index in [1.807, 2.05) is 32.0 Å². The van der Waals surface area contributed by atoms with E-state index in [0.717, 1.165) is 17.8 Å². The number of aromatic nitrogens is 1. The molecule has 0 radical (unpaired) electrons. The number of hydrogen-bond acceptors (Lipinski definition) is 3. The minimum absolute atomic E-state index is 0.280. The summed E-state index contributed by atoms with van der Waals surface area (Å²) in [6, 6.07) is 5.33. The fourth-order valence-electron chi connectivity index (χ4n) is 1.92. The van der Waals surface area contributed by atoms with E-state index in [2.05, 4.69) is 4.98 Å². The van der Waals surface area contributed by atoms with Gasteiger partial charge >= 0.3 is 12.0 Å². The molecule has 0 aliphatic rings. The Morgan fingerprint density at radius 2 is 2.05 bits per heavy atom. The predicted molar refractivity (Wildman–Crippen MR) is 75.3 cm³/mol. The van der Waals surface area contributed by atoms with Crippen LogP contribution in [0.3, 0.4) is 0 Å². The molecule has 6 heteroatoms. The van der Waals surface area contributed by atoms with Gasteiger partial charge in [0.25, 0.3) is 0 Å². The van der Waals surface area contributed by atoms with Gasteiger partial charge in [-0.25, -0.2) is 4.79 Å². The third kappa shape index (κ3) is 4.87. The van der Waals surface area contributed by atoms with Crippen LogP contribution >= 0.6 is 0 Å². The van der Waals surface area contributed by atoms with E-state index < -0.39 is 5.97 Å². The summed E-state index contributed by atoms with van der Waals surface area (Å²) in [7, 11) is 1.65.